The van der Waals surface area contributed by atoms with Crippen molar-refractivity contribution in [1.29, 1.82) is 0 Å². The number of benzene rings is 2. The number of hydrogen-bond donors (Lipinski definition) is 2. The summed E-state index contributed by atoms with van der Waals surface area (Å²) in [6, 6.07) is 12.2. The second-order valence-corrected chi connectivity index (χ2v) is 5.32. The number of halogens is 1. The summed E-state index contributed by atoms with van der Waals surface area (Å²) in [7, 11) is 1.39. The predicted octanol–water partition coefficient (Wildman–Crippen LogP) is 2.40. The number of esters is 1. The lowest BCUT2D eigenvalue weighted by molar-refractivity contribution is -0.124. The molecule has 0 fully saturated rings. The van der Waals surface area contributed by atoms with Crippen molar-refractivity contribution in [2.24, 2.45) is 0 Å². The van der Waals surface area contributed by atoms with Gasteiger partial charge in [0.05, 0.1) is 17.8 Å². The molecule has 2 rings (SSSR count). The summed E-state index contributed by atoms with van der Waals surface area (Å²) in [5.74, 6) is -0.900. The van der Waals surface area contributed by atoms with Gasteiger partial charge in [-0.1, -0.05) is 41.9 Å². The lowest BCUT2D eigenvalue weighted by Gasteiger charge is -2.11. The standard InChI is InChI=1S/C17H17ClN2O4/c1-23-15-8-14(19)13(18)7-12(15)17(22)24-10-16(21)20-9-11-5-3-2-4-6-11/h2-8H,9-10,19H2,1H3,(H,20,21). The van der Waals surface area contributed by atoms with E-state index < -0.39 is 18.5 Å². The number of nitrogen functional groups attached to an aromatic ring is 1. The lowest BCUT2D eigenvalue weighted by atomic mass is 10.2. The smallest absolute Gasteiger partial charge is 0.342 e. The Morgan fingerprint density at radius 2 is 1.92 bits per heavy atom. The summed E-state index contributed by atoms with van der Waals surface area (Å²) in [6.45, 7) is -0.0505. The van der Waals surface area contributed by atoms with E-state index in [0.717, 1.165) is 5.56 Å². The van der Waals surface area contributed by atoms with Gasteiger partial charge in [-0.3, -0.25) is 4.79 Å². The Hall–Kier alpha value is -2.73. The zero-order valence-electron chi connectivity index (χ0n) is 13.0. The van der Waals surface area contributed by atoms with E-state index in [0.29, 0.717) is 6.54 Å². The molecule has 6 nitrogen and oxygen atoms in total. The second kappa shape index (κ2) is 8.21. The molecule has 0 aromatic heterocycles. The van der Waals surface area contributed by atoms with Crippen molar-refractivity contribution in [2.75, 3.05) is 19.5 Å². The number of carbonyl (C=O) groups is 2. The molecule has 0 aliphatic carbocycles. The summed E-state index contributed by atoms with van der Waals surface area (Å²) < 4.78 is 10.1. The highest BCUT2D eigenvalue weighted by Crippen LogP contribution is 2.29. The van der Waals surface area contributed by atoms with Crippen LogP contribution in [0.25, 0.3) is 0 Å². The van der Waals surface area contributed by atoms with Crippen molar-refractivity contribution < 1.29 is 19.1 Å². The fourth-order valence-corrected chi connectivity index (χ4v) is 2.12. The highest BCUT2D eigenvalue weighted by atomic mass is 35.5. The van der Waals surface area contributed by atoms with E-state index in [1.807, 2.05) is 30.3 Å². The van der Waals surface area contributed by atoms with Gasteiger partial charge in [-0.05, 0) is 11.6 Å². The van der Waals surface area contributed by atoms with Gasteiger partial charge in [-0.2, -0.15) is 0 Å². The molecule has 0 spiro atoms. The van der Waals surface area contributed by atoms with Crippen molar-refractivity contribution >= 4 is 29.2 Å². The molecule has 24 heavy (non-hydrogen) atoms. The molecule has 2 aromatic rings. The molecule has 0 atom stereocenters. The van der Waals surface area contributed by atoms with Crippen LogP contribution in [0.1, 0.15) is 15.9 Å². The number of carbonyl (C=O) groups excluding carboxylic acids is 2. The largest absolute Gasteiger partial charge is 0.496 e. The van der Waals surface area contributed by atoms with E-state index in [1.165, 1.54) is 19.2 Å². The minimum absolute atomic E-state index is 0.104. The van der Waals surface area contributed by atoms with Crippen LogP contribution >= 0.6 is 11.6 Å². The van der Waals surface area contributed by atoms with E-state index >= 15 is 0 Å². The van der Waals surface area contributed by atoms with Gasteiger partial charge in [0.2, 0.25) is 0 Å². The van der Waals surface area contributed by atoms with Crippen molar-refractivity contribution in [3.63, 3.8) is 0 Å². The number of nitrogens with one attached hydrogen (secondary N) is 1. The maximum absolute atomic E-state index is 12.1. The van der Waals surface area contributed by atoms with Crippen LogP contribution in [-0.2, 0) is 16.1 Å². The summed E-state index contributed by atoms with van der Waals surface area (Å²) in [5.41, 5.74) is 6.99. The Balaban J connectivity index is 1.91. The first-order valence-corrected chi connectivity index (χ1v) is 7.50. The van der Waals surface area contributed by atoms with E-state index in [9.17, 15) is 9.59 Å². The number of ether oxygens (including phenoxy) is 2. The number of hydrogen-bond acceptors (Lipinski definition) is 5. The molecule has 0 aliphatic rings. The third-order valence-corrected chi connectivity index (χ3v) is 3.53. The first-order valence-electron chi connectivity index (χ1n) is 7.12. The minimum atomic E-state index is -0.719. The van der Waals surface area contributed by atoms with Gasteiger partial charge in [0.15, 0.2) is 6.61 Å². The Morgan fingerprint density at radius 1 is 1.21 bits per heavy atom. The average Bonchev–Trinajstić information content (AvgIpc) is 2.60. The molecular formula is C17H17ClN2O4. The molecule has 0 saturated carbocycles. The van der Waals surface area contributed by atoms with Crippen LogP contribution in [0.5, 0.6) is 5.75 Å². The molecule has 0 unspecified atom stereocenters. The maximum atomic E-state index is 12.1. The quantitative estimate of drug-likeness (QED) is 0.618. The van der Waals surface area contributed by atoms with Crippen molar-refractivity contribution in [3.05, 3.63) is 58.6 Å². The Bertz CT molecular complexity index is 735. The molecule has 0 radical (unpaired) electrons. The zero-order chi connectivity index (χ0) is 17.5. The Kier molecular flexibility index (Phi) is 6.03. The number of amides is 1. The van der Waals surface area contributed by atoms with Crippen molar-refractivity contribution in [1.82, 2.24) is 5.32 Å². The topological polar surface area (TPSA) is 90.7 Å². The number of nitrogens with two attached hydrogens (primary N) is 1. The zero-order valence-corrected chi connectivity index (χ0v) is 13.8. The fraction of sp³-hybridized carbons (Fsp3) is 0.176. The van der Waals surface area contributed by atoms with Gasteiger partial charge in [-0.25, -0.2) is 4.79 Å². The van der Waals surface area contributed by atoms with Crippen LogP contribution in [0.3, 0.4) is 0 Å². The van der Waals surface area contributed by atoms with Crippen molar-refractivity contribution in [2.45, 2.75) is 6.54 Å². The highest BCUT2D eigenvalue weighted by Gasteiger charge is 2.17. The SMILES string of the molecule is COc1cc(N)c(Cl)cc1C(=O)OCC(=O)NCc1ccccc1. The Morgan fingerprint density at radius 3 is 2.58 bits per heavy atom. The van der Waals surface area contributed by atoms with Gasteiger partial charge in [-0.15, -0.1) is 0 Å². The monoisotopic (exact) mass is 348 g/mol. The van der Waals surface area contributed by atoms with Crippen LogP contribution in [0.4, 0.5) is 5.69 Å². The van der Waals surface area contributed by atoms with Crippen LogP contribution in [-0.4, -0.2) is 25.6 Å². The first-order chi connectivity index (χ1) is 11.5. The molecular weight excluding hydrogens is 332 g/mol. The third kappa shape index (κ3) is 4.63. The van der Waals surface area contributed by atoms with E-state index in [2.05, 4.69) is 5.32 Å². The van der Waals surface area contributed by atoms with Crippen LogP contribution in [0.2, 0.25) is 5.02 Å². The summed E-state index contributed by atoms with van der Waals surface area (Å²) in [4.78, 5) is 23.8. The second-order valence-electron chi connectivity index (χ2n) is 4.91. The first kappa shape index (κ1) is 17.6. The normalized spacial score (nSPS) is 10.1. The van der Waals surface area contributed by atoms with Gasteiger partial charge in [0, 0.05) is 12.6 Å². The summed E-state index contributed by atoms with van der Waals surface area (Å²) in [5, 5.41) is 2.87. The molecule has 0 heterocycles. The Labute approximate surface area is 144 Å². The van der Waals surface area contributed by atoms with Gasteiger partial charge >= 0.3 is 5.97 Å². The number of methoxy groups -OCH3 is 1. The van der Waals surface area contributed by atoms with Crippen LogP contribution in [0, 0.1) is 0 Å². The molecule has 0 saturated heterocycles. The molecule has 3 N–H and O–H groups in total. The van der Waals surface area contributed by atoms with Gasteiger partial charge in [0.1, 0.15) is 11.3 Å². The molecule has 2 aromatic carbocycles. The van der Waals surface area contributed by atoms with E-state index in [-0.39, 0.29) is 22.0 Å². The van der Waals surface area contributed by atoms with Crippen molar-refractivity contribution in [3.8, 4) is 5.75 Å². The van der Waals surface area contributed by atoms with Gasteiger partial charge < -0.3 is 20.5 Å². The lowest BCUT2D eigenvalue weighted by Crippen LogP contribution is -2.28. The summed E-state index contributed by atoms with van der Waals surface area (Å²) in [6.07, 6.45) is 0. The van der Waals surface area contributed by atoms with E-state index in [4.69, 9.17) is 26.8 Å². The average molecular weight is 349 g/mol. The highest BCUT2D eigenvalue weighted by molar-refractivity contribution is 6.33. The number of rotatable bonds is 6. The van der Waals surface area contributed by atoms with E-state index in [1.54, 1.807) is 0 Å². The maximum Gasteiger partial charge on any atom is 0.342 e. The van der Waals surface area contributed by atoms with Gasteiger partial charge in [0.25, 0.3) is 5.91 Å². The third-order valence-electron chi connectivity index (χ3n) is 3.21. The molecule has 0 aliphatic heterocycles. The number of anilines is 1. The predicted molar refractivity (Wildman–Crippen MR) is 91.0 cm³/mol. The molecule has 0 bridgehead atoms. The molecule has 126 valence electrons. The summed E-state index contributed by atoms with van der Waals surface area (Å²) >= 11 is 5.90. The molecule has 7 heteroatoms. The fourth-order valence-electron chi connectivity index (χ4n) is 1.95. The van der Waals surface area contributed by atoms with Crippen LogP contribution in [0.15, 0.2) is 42.5 Å². The van der Waals surface area contributed by atoms with Crippen LogP contribution < -0.4 is 15.8 Å². The minimum Gasteiger partial charge on any atom is -0.496 e. The molecule has 1 amide bonds.